The SMILES string of the molecule is COc1cc(/C=N\NC(=O)c2cccc(Cn3cccn3)c2)c([O-])c([N+](=O)[O-])c1. The maximum absolute atomic E-state index is 12.3. The van der Waals surface area contributed by atoms with Crippen molar-refractivity contribution in [3.63, 3.8) is 0 Å². The number of hydrogen-bond acceptors (Lipinski definition) is 7. The minimum Gasteiger partial charge on any atom is -0.867 e. The number of rotatable bonds is 7. The van der Waals surface area contributed by atoms with Crippen LogP contribution in [0.2, 0.25) is 0 Å². The zero-order valence-electron chi connectivity index (χ0n) is 15.3. The van der Waals surface area contributed by atoms with Crippen molar-refractivity contribution in [2.24, 2.45) is 5.10 Å². The molecule has 1 amide bonds. The molecule has 0 spiro atoms. The predicted octanol–water partition coefficient (Wildman–Crippen LogP) is 1.69. The van der Waals surface area contributed by atoms with Gasteiger partial charge in [0, 0.05) is 18.0 Å². The fraction of sp³-hybridized carbons (Fsp3) is 0.105. The molecule has 29 heavy (non-hydrogen) atoms. The van der Waals surface area contributed by atoms with E-state index >= 15 is 0 Å². The minimum atomic E-state index is -0.824. The summed E-state index contributed by atoms with van der Waals surface area (Å²) < 4.78 is 6.68. The first kappa shape index (κ1) is 19.5. The first-order valence-corrected chi connectivity index (χ1v) is 8.41. The monoisotopic (exact) mass is 394 g/mol. The number of ether oxygens (including phenoxy) is 1. The Balaban J connectivity index is 1.73. The lowest BCUT2D eigenvalue weighted by Gasteiger charge is -2.12. The molecule has 0 bridgehead atoms. The number of carbonyl (C=O) groups excluding carboxylic acids is 1. The van der Waals surface area contributed by atoms with Gasteiger partial charge >= 0.3 is 0 Å². The quantitative estimate of drug-likeness (QED) is 0.368. The summed E-state index contributed by atoms with van der Waals surface area (Å²) in [7, 11) is 1.32. The van der Waals surface area contributed by atoms with Crippen LogP contribution in [0.3, 0.4) is 0 Å². The first-order chi connectivity index (χ1) is 14.0. The van der Waals surface area contributed by atoms with Gasteiger partial charge in [0.05, 0.1) is 30.9 Å². The zero-order chi connectivity index (χ0) is 20.8. The lowest BCUT2D eigenvalue weighted by Crippen LogP contribution is -2.18. The molecule has 0 unspecified atom stereocenters. The lowest BCUT2D eigenvalue weighted by molar-refractivity contribution is -0.398. The number of methoxy groups -OCH3 is 1. The maximum Gasteiger partial charge on any atom is 0.271 e. The zero-order valence-corrected chi connectivity index (χ0v) is 15.3. The van der Waals surface area contributed by atoms with Gasteiger partial charge in [0.1, 0.15) is 5.75 Å². The van der Waals surface area contributed by atoms with E-state index in [2.05, 4.69) is 15.6 Å². The summed E-state index contributed by atoms with van der Waals surface area (Å²) in [5, 5.41) is 31.0. The van der Waals surface area contributed by atoms with Crippen molar-refractivity contribution in [2.75, 3.05) is 7.11 Å². The van der Waals surface area contributed by atoms with Gasteiger partial charge in [-0.1, -0.05) is 12.1 Å². The van der Waals surface area contributed by atoms with E-state index < -0.39 is 22.3 Å². The van der Waals surface area contributed by atoms with Crippen LogP contribution in [-0.4, -0.2) is 33.9 Å². The number of benzene rings is 2. The summed E-state index contributed by atoms with van der Waals surface area (Å²) in [6, 6.07) is 11.0. The number of hydrazone groups is 1. The van der Waals surface area contributed by atoms with Gasteiger partial charge in [-0.15, -0.1) is 0 Å². The molecule has 0 aliphatic carbocycles. The van der Waals surface area contributed by atoms with E-state index in [9.17, 15) is 20.0 Å². The molecule has 0 aliphatic heterocycles. The second kappa shape index (κ2) is 8.65. The fourth-order valence-corrected chi connectivity index (χ4v) is 2.57. The molecular formula is C19H16N5O5-. The van der Waals surface area contributed by atoms with Gasteiger partial charge in [-0.25, -0.2) is 5.43 Å². The van der Waals surface area contributed by atoms with Crippen molar-refractivity contribution in [1.82, 2.24) is 15.2 Å². The summed E-state index contributed by atoms with van der Waals surface area (Å²) in [6.45, 7) is 0.504. The van der Waals surface area contributed by atoms with E-state index in [1.165, 1.54) is 13.2 Å². The van der Waals surface area contributed by atoms with Crippen molar-refractivity contribution in [3.8, 4) is 11.5 Å². The van der Waals surface area contributed by atoms with Crippen LogP contribution in [-0.2, 0) is 6.54 Å². The molecule has 0 aliphatic rings. The topological polar surface area (TPSA) is 135 Å². The Morgan fingerprint density at radius 2 is 2.17 bits per heavy atom. The van der Waals surface area contributed by atoms with Crippen LogP contribution in [0.15, 0.2) is 60.0 Å². The molecule has 0 fully saturated rings. The summed E-state index contributed by atoms with van der Waals surface area (Å²) in [4.78, 5) is 22.5. The van der Waals surface area contributed by atoms with Crippen molar-refractivity contribution < 1.29 is 19.6 Å². The van der Waals surface area contributed by atoms with Crippen molar-refractivity contribution in [1.29, 1.82) is 0 Å². The van der Waals surface area contributed by atoms with Crippen LogP contribution in [0, 0.1) is 10.1 Å². The van der Waals surface area contributed by atoms with Crippen LogP contribution in [0.25, 0.3) is 0 Å². The van der Waals surface area contributed by atoms with E-state index in [-0.39, 0.29) is 11.3 Å². The van der Waals surface area contributed by atoms with Crippen LogP contribution < -0.4 is 15.3 Å². The number of aromatic nitrogens is 2. The third kappa shape index (κ3) is 4.75. The highest BCUT2D eigenvalue weighted by molar-refractivity contribution is 5.95. The maximum atomic E-state index is 12.3. The van der Waals surface area contributed by atoms with Gasteiger partial charge in [-0.3, -0.25) is 19.6 Å². The summed E-state index contributed by atoms with van der Waals surface area (Å²) in [5.41, 5.74) is 2.83. The van der Waals surface area contributed by atoms with Crippen molar-refractivity contribution in [2.45, 2.75) is 6.54 Å². The Hall–Kier alpha value is -4.21. The van der Waals surface area contributed by atoms with Crippen molar-refractivity contribution >= 4 is 17.8 Å². The van der Waals surface area contributed by atoms with Gasteiger partial charge in [0.15, 0.2) is 0 Å². The number of amides is 1. The molecule has 0 atom stereocenters. The number of nitro groups is 1. The molecule has 0 saturated carbocycles. The highest BCUT2D eigenvalue weighted by Crippen LogP contribution is 2.31. The van der Waals surface area contributed by atoms with Crippen LogP contribution in [0.4, 0.5) is 5.69 Å². The fourth-order valence-electron chi connectivity index (χ4n) is 2.57. The second-order valence-electron chi connectivity index (χ2n) is 5.93. The third-order valence-corrected chi connectivity index (χ3v) is 3.97. The smallest absolute Gasteiger partial charge is 0.271 e. The van der Waals surface area contributed by atoms with Gasteiger partial charge in [-0.2, -0.15) is 10.2 Å². The summed E-state index contributed by atoms with van der Waals surface area (Å²) in [6.07, 6.45) is 4.52. The largest absolute Gasteiger partial charge is 0.867 e. The van der Waals surface area contributed by atoms with Gasteiger partial charge in [0.2, 0.25) is 0 Å². The Morgan fingerprint density at radius 3 is 2.86 bits per heavy atom. The molecule has 1 heterocycles. The molecule has 3 rings (SSSR count). The molecular weight excluding hydrogens is 378 g/mol. The highest BCUT2D eigenvalue weighted by Gasteiger charge is 2.13. The number of carbonyl (C=O) groups is 1. The lowest BCUT2D eigenvalue weighted by atomic mass is 10.1. The average Bonchev–Trinajstić information content (AvgIpc) is 3.22. The van der Waals surface area contributed by atoms with Gasteiger partial charge in [0.25, 0.3) is 11.6 Å². The van der Waals surface area contributed by atoms with Gasteiger partial charge < -0.3 is 9.84 Å². The minimum absolute atomic E-state index is 0.0798. The molecule has 10 nitrogen and oxygen atoms in total. The van der Waals surface area contributed by atoms with E-state index in [0.717, 1.165) is 17.8 Å². The Kier molecular flexibility index (Phi) is 5.83. The number of nitro benzene ring substituents is 1. The molecule has 148 valence electrons. The molecule has 2 aromatic carbocycles. The van der Waals surface area contributed by atoms with Crippen LogP contribution in [0.1, 0.15) is 21.5 Å². The Labute approximate surface area is 165 Å². The van der Waals surface area contributed by atoms with Crippen LogP contribution >= 0.6 is 0 Å². The highest BCUT2D eigenvalue weighted by atomic mass is 16.6. The third-order valence-electron chi connectivity index (χ3n) is 3.97. The summed E-state index contributed by atoms with van der Waals surface area (Å²) >= 11 is 0. The number of nitrogens with zero attached hydrogens (tertiary/aromatic N) is 4. The molecule has 3 aromatic rings. The predicted molar refractivity (Wildman–Crippen MR) is 102 cm³/mol. The molecule has 10 heteroatoms. The van der Waals surface area contributed by atoms with Crippen LogP contribution in [0.5, 0.6) is 11.5 Å². The summed E-state index contributed by atoms with van der Waals surface area (Å²) in [5.74, 6) is -1.18. The Bertz CT molecular complexity index is 1060. The van der Waals surface area contributed by atoms with Gasteiger partial charge in [-0.05, 0) is 41.1 Å². The molecule has 0 radical (unpaired) electrons. The van der Waals surface area contributed by atoms with E-state index in [1.54, 1.807) is 35.1 Å². The normalized spacial score (nSPS) is 10.8. The molecule has 0 saturated heterocycles. The number of hydrogen-bond donors (Lipinski definition) is 1. The van der Waals surface area contributed by atoms with E-state index in [0.29, 0.717) is 12.1 Å². The van der Waals surface area contributed by atoms with Crippen molar-refractivity contribution in [3.05, 3.63) is 81.7 Å². The van der Waals surface area contributed by atoms with E-state index in [1.807, 2.05) is 12.3 Å². The second-order valence-corrected chi connectivity index (χ2v) is 5.93. The molecule has 1 aromatic heterocycles. The van der Waals surface area contributed by atoms with E-state index in [4.69, 9.17) is 4.74 Å². The Morgan fingerprint density at radius 1 is 1.34 bits per heavy atom. The number of nitrogens with one attached hydrogen (secondary N) is 1. The first-order valence-electron chi connectivity index (χ1n) is 8.41. The average molecular weight is 394 g/mol. The molecule has 1 N–H and O–H groups in total. The standard InChI is InChI=1S/C19H17N5O5/c1-29-16-9-15(18(25)17(10-16)24(27)28)11-20-22-19(26)14-5-2-4-13(8-14)12-23-7-3-6-21-23/h2-11,25H,12H2,1H3,(H,22,26)/p-1/b20-11-.